The molecule has 6 nitrogen and oxygen atoms in total. The SMILES string of the molecule is [C-]#[N+]c1ccc2nc([C@@H](N[S@](=O)C(C)(C)C)C3CCC(F)(F)CC3)n(COCC[Si](C)(C)C)c2c1. The second kappa shape index (κ2) is 10.7. The van der Waals surface area contributed by atoms with Crippen LogP contribution in [0, 0.1) is 12.5 Å². The van der Waals surface area contributed by atoms with Crippen molar-refractivity contribution < 1.29 is 17.7 Å². The molecule has 35 heavy (non-hydrogen) atoms. The monoisotopic (exact) mass is 524 g/mol. The number of rotatable bonds is 9. The van der Waals surface area contributed by atoms with Gasteiger partial charge in [0.15, 0.2) is 5.69 Å². The topological polar surface area (TPSA) is 60.5 Å². The van der Waals surface area contributed by atoms with Crippen molar-refractivity contribution in [3.63, 3.8) is 0 Å². The van der Waals surface area contributed by atoms with Gasteiger partial charge in [0.1, 0.15) is 12.6 Å². The number of aromatic nitrogens is 2. The molecule has 0 radical (unpaired) electrons. The number of halogens is 2. The predicted molar refractivity (Wildman–Crippen MR) is 141 cm³/mol. The van der Waals surface area contributed by atoms with Crippen LogP contribution in [0.2, 0.25) is 25.7 Å². The first-order valence-corrected chi connectivity index (χ1v) is 17.1. The number of ether oxygens (including phenoxy) is 1. The largest absolute Gasteiger partial charge is 0.361 e. The second-order valence-electron chi connectivity index (χ2n) is 11.7. The third-order valence-electron chi connectivity index (χ3n) is 6.41. The standard InChI is InChI=1S/C25H38F2N4O2SSi/c1-24(2,3)34(32)30-22(18-10-12-25(26,27)13-11-18)23-29-20-9-8-19(28-4)16-21(20)31(23)17-33-14-15-35(5,6)7/h8-9,16,18,22,30H,10-15,17H2,1-3,5-7H3/t22-,34+/m0/s1. The lowest BCUT2D eigenvalue weighted by atomic mass is 9.82. The van der Waals surface area contributed by atoms with Crippen molar-refractivity contribution in [1.82, 2.24) is 14.3 Å². The van der Waals surface area contributed by atoms with Gasteiger partial charge in [-0.05, 0) is 57.7 Å². The highest BCUT2D eigenvalue weighted by atomic mass is 32.2. The molecule has 194 valence electrons. The van der Waals surface area contributed by atoms with Crippen LogP contribution in [0.25, 0.3) is 15.9 Å². The molecule has 1 aromatic carbocycles. The summed E-state index contributed by atoms with van der Waals surface area (Å²) in [5, 5.41) is 0. The predicted octanol–water partition coefficient (Wildman–Crippen LogP) is 6.82. The number of alkyl halides is 2. The number of fused-ring (bicyclic) bond motifs is 1. The molecule has 2 aromatic rings. The Hall–Kier alpha value is -1.67. The van der Waals surface area contributed by atoms with Crippen LogP contribution < -0.4 is 4.72 Å². The minimum Gasteiger partial charge on any atom is -0.361 e. The number of hydrogen-bond donors (Lipinski definition) is 1. The molecule has 0 unspecified atom stereocenters. The molecule has 0 saturated heterocycles. The summed E-state index contributed by atoms with van der Waals surface area (Å²) in [7, 11) is -2.70. The van der Waals surface area contributed by atoms with E-state index in [4.69, 9.17) is 16.3 Å². The van der Waals surface area contributed by atoms with Crippen LogP contribution in [0.1, 0.15) is 58.3 Å². The summed E-state index contributed by atoms with van der Waals surface area (Å²) in [5.41, 5.74) is 1.96. The van der Waals surface area contributed by atoms with Gasteiger partial charge in [-0.2, -0.15) is 0 Å². The van der Waals surface area contributed by atoms with Gasteiger partial charge in [-0.15, -0.1) is 0 Å². The molecule has 1 saturated carbocycles. The van der Waals surface area contributed by atoms with Crippen LogP contribution in [0.5, 0.6) is 0 Å². The van der Waals surface area contributed by atoms with Gasteiger partial charge in [0.2, 0.25) is 5.92 Å². The maximum absolute atomic E-state index is 14.0. The molecule has 3 rings (SSSR count). The molecular weight excluding hydrogens is 486 g/mol. The third-order valence-corrected chi connectivity index (χ3v) is 9.69. The van der Waals surface area contributed by atoms with Crippen LogP contribution in [0.4, 0.5) is 14.5 Å². The van der Waals surface area contributed by atoms with Gasteiger partial charge in [0.25, 0.3) is 0 Å². The van der Waals surface area contributed by atoms with E-state index in [0.717, 1.165) is 11.6 Å². The van der Waals surface area contributed by atoms with Crippen molar-refractivity contribution in [2.24, 2.45) is 5.92 Å². The molecule has 2 atom stereocenters. The van der Waals surface area contributed by atoms with Crippen LogP contribution in [-0.4, -0.2) is 39.1 Å². The second-order valence-corrected chi connectivity index (χ2v) is 19.3. The van der Waals surface area contributed by atoms with Crippen LogP contribution in [0.15, 0.2) is 18.2 Å². The lowest BCUT2D eigenvalue weighted by Crippen LogP contribution is -2.41. The van der Waals surface area contributed by atoms with Gasteiger partial charge in [0, 0.05) is 27.5 Å². The van der Waals surface area contributed by atoms with Crippen molar-refractivity contribution in [2.45, 2.75) is 95.6 Å². The zero-order chi connectivity index (χ0) is 26.0. The molecule has 0 aliphatic heterocycles. The summed E-state index contributed by atoms with van der Waals surface area (Å²) in [5.74, 6) is -2.17. The summed E-state index contributed by atoms with van der Waals surface area (Å²) in [6, 6.07) is 5.84. The number of imidazole rings is 1. The van der Waals surface area contributed by atoms with E-state index in [-0.39, 0.29) is 25.5 Å². The molecule has 1 fully saturated rings. The molecule has 10 heteroatoms. The zero-order valence-electron chi connectivity index (χ0n) is 21.7. The number of benzene rings is 1. The zero-order valence-corrected chi connectivity index (χ0v) is 23.5. The van der Waals surface area contributed by atoms with Crippen LogP contribution in [0.3, 0.4) is 0 Å². The Bertz CT molecular complexity index is 1090. The van der Waals surface area contributed by atoms with E-state index >= 15 is 0 Å². The van der Waals surface area contributed by atoms with Gasteiger partial charge < -0.3 is 9.30 Å². The Morgan fingerprint density at radius 3 is 2.54 bits per heavy atom. The Morgan fingerprint density at radius 2 is 1.97 bits per heavy atom. The fourth-order valence-corrected chi connectivity index (χ4v) is 5.79. The normalized spacial score (nSPS) is 18.9. The highest BCUT2D eigenvalue weighted by Crippen LogP contribution is 2.42. The summed E-state index contributed by atoms with van der Waals surface area (Å²) in [6.07, 6.45) is 0.262. The molecule has 0 spiro atoms. The maximum atomic E-state index is 14.0. The van der Waals surface area contributed by atoms with E-state index in [1.165, 1.54) is 0 Å². The minimum absolute atomic E-state index is 0.140. The van der Waals surface area contributed by atoms with Crippen molar-refractivity contribution in [1.29, 1.82) is 0 Å². The van der Waals surface area contributed by atoms with Gasteiger partial charge in [0.05, 0.1) is 39.4 Å². The van der Waals surface area contributed by atoms with Gasteiger partial charge in [-0.1, -0.05) is 25.7 Å². The average Bonchev–Trinajstić information content (AvgIpc) is 3.11. The van der Waals surface area contributed by atoms with Crippen molar-refractivity contribution in [3.05, 3.63) is 35.4 Å². The Morgan fingerprint density at radius 1 is 1.31 bits per heavy atom. The lowest BCUT2D eigenvalue weighted by molar-refractivity contribution is -0.0495. The molecule has 0 amide bonds. The van der Waals surface area contributed by atoms with E-state index < -0.39 is 35.8 Å². The fourth-order valence-electron chi connectivity index (χ4n) is 4.15. The summed E-state index contributed by atoms with van der Waals surface area (Å²) in [6.45, 7) is 20.8. The lowest BCUT2D eigenvalue weighted by Gasteiger charge is -2.35. The molecule has 1 aliphatic rings. The molecule has 1 aromatic heterocycles. The van der Waals surface area contributed by atoms with Crippen LogP contribution in [-0.2, 0) is 22.5 Å². The molecule has 1 heterocycles. The van der Waals surface area contributed by atoms with E-state index in [0.29, 0.717) is 36.5 Å². The number of nitrogens with zero attached hydrogens (tertiary/aromatic N) is 3. The van der Waals surface area contributed by atoms with Gasteiger partial charge in [-0.25, -0.2) is 27.5 Å². The molecule has 1 N–H and O–H groups in total. The number of nitrogens with one attached hydrogen (secondary N) is 1. The third kappa shape index (κ3) is 7.41. The van der Waals surface area contributed by atoms with E-state index in [1.54, 1.807) is 18.2 Å². The average molecular weight is 525 g/mol. The fraction of sp³-hybridized carbons (Fsp3) is 0.680. The first-order valence-electron chi connectivity index (χ1n) is 12.2. The Labute approximate surface area is 211 Å². The Kier molecular flexibility index (Phi) is 8.57. The quantitative estimate of drug-likeness (QED) is 0.222. The van der Waals surface area contributed by atoms with E-state index in [9.17, 15) is 13.0 Å². The van der Waals surface area contributed by atoms with E-state index in [1.807, 2.05) is 25.3 Å². The van der Waals surface area contributed by atoms with E-state index in [2.05, 4.69) is 29.2 Å². The first kappa shape index (κ1) is 27.9. The summed E-state index contributed by atoms with van der Waals surface area (Å²) < 4.78 is 51.9. The van der Waals surface area contributed by atoms with Gasteiger partial charge in [-0.3, -0.25) is 0 Å². The highest BCUT2D eigenvalue weighted by Gasteiger charge is 2.40. The first-order chi connectivity index (χ1) is 16.2. The van der Waals surface area contributed by atoms with Gasteiger partial charge >= 0.3 is 0 Å². The smallest absolute Gasteiger partial charge is 0.248 e. The van der Waals surface area contributed by atoms with Crippen molar-refractivity contribution in [2.75, 3.05) is 6.61 Å². The summed E-state index contributed by atoms with van der Waals surface area (Å²) in [4.78, 5) is 8.42. The molecule has 0 bridgehead atoms. The maximum Gasteiger partial charge on any atom is 0.248 e. The van der Waals surface area contributed by atoms with Crippen molar-refractivity contribution >= 4 is 35.8 Å². The van der Waals surface area contributed by atoms with Crippen LogP contribution >= 0.6 is 0 Å². The number of hydrogen-bond acceptors (Lipinski definition) is 3. The van der Waals surface area contributed by atoms with Crippen molar-refractivity contribution in [3.8, 4) is 0 Å². The Balaban J connectivity index is 2.02. The summed E-state index contributed by atoms with van der Waals surface area (Å²) >= 11 is 0. The highest BCUT2D eigenvalue weighted by molar-refractivity contribution is 7.84. The molecular formula is C25H38F2N4O2SSi. The molecule has 1 aliphatic carbocycles. The minimum atomic E-state index is -2.66.